The number of amides is 2. The minimum Gasteiger partial charge on any atom is -0.481 e. The number of rotatable bonds is 4. The van der Waals surface area contributed by atoms with Gasteiger partial charge in [-0.05, 0) is 18.2 Å². The molecule has 0 saturated carbocycles. The fourth-order valence-corrected chi connectivity index (χ4v) is 1.42. The first-order chi connectivity index (χ1) is 9.28. The van der Waals surface area contributed by atoms with E-state index in [-0.39, 0.29) is 6.03 Å². The smallest absolute Gasteiger partial charge is 0.319 e. The molecule has 0 aromatic carbocycles. The second-order valence-electron chi connectivity index (χ2n) is 3.72. The third-order valence-corrected chi connectivity index (χ3v) is 2.36. The maximum atomic E-state index is 11.6. The lowest BCUT2D eigenvalue weighted by molar-refractivity contribution is 0.251. The Morgan fingerprint density at radius 1 is 1.26 bits per heavy atom. The number of hydrogen-bond donors (Lipinski definition) is 2. The number of anilines is 1. The lowest BCUT2D eigenvalue weighted by Crippen LogP contribution is -2.28. The van der Waals surface area contributed by atoms with Crippen molar-refractivity contribution in [3.63, 3.8) is 0 Å². The highest BCUT2D eigenvalue weighted by atomic mass is 16.5. The molecular weight excluding hydrogens is 244 g/mol. The lowest BCUT2D eigenvalue weighted by Gasteiger charge is -2.07. The predicted octanol–water partition coefficient (Wildman–Crippen LogP) is 1.81. The summed E-state index contributed by atoms with van der Waals surface area (Å²) in [6.07, 6.45) is 3.21. The van der Waals surface area contributed by atoms with Gasteiger partial charge < -0.3 is 15.4 Å². The Kier molecular flexibility index (Phi) is 4.28. The number of methoxy groups -OCH3 is 1. The number of ether oxygens (including phenoxy) is 1. The normalized spacial score (nSPS) is 9.74. The molecule has 0 radical (unpaired) electrons. The summed E-state index contributed by atoms with van der Waals surface area (Å²) in [6.45, 7) is 0.371. The number of carbonyl (C=O) groups excluding carboxylic acids is 1. The third-order valence-electron chi connectivity index (χ3n) is 2.36. The van der Waals surface area contributed by atoms with E-state index in [2.05, 4.69) is 20.6 Å². The molecule has 2 aromatic rings. The predicted molar refractivity (Wildman–Crippen MR) is 70.9 cm³/mol. The molecule has 0 saturated heterocycles. The molecule has 2 N–H and O–H groups in total. The van der Waals surface area contributed by atoms with E-state index in [4.69, 9.17) is 4.74 Å². The molecule has 6 nitrogen and oxygen atoms in total. The molecular formula is C13H14N4O2. The molecule has 0 unspecified atom stereocenters. The van der Waals surface area contributed by atoms with Gasteiger partial charge in [-0.25, -0.2) is 9.78 Å². The average molecular weight is 258 g/mol. The molecule has 19 heavy (non-hydrogen) atoms. The Balaban J connectivity index is 1.83. The first kappa shape index (κ1) is 12.8. The highest BCUT2D eigenvalue weighted by Crippen LogP contribution is 2.10. The van der Waals surface area contributed by atoms with Gasteiger partial charge in [-0.1, -0.05) is 6.07 Å². The zero-order chi connectivity index (χ0) is 13.5. The monoisotopic (exact) mass is 258 g/mol. The Morgan fingerprint density at radius 3 is 2.79 bits per heavy atom. The van der Waals surface area contributed by atoms with Gasteiger partial charge in [0.15, 0.2) is 0 Å². The quantitative estimate of drug-likeness (QED) is 0.876. The van der Waals surface area contributed by atoms with Crippen LogP contribution in [0.3, 0.4) is 0 Å². The molecule has 2 heterocycles. The Bertz CT molecular complexity index is 528. The van der Waals surface area contributed by atoms with Crippen molar-refractivity contribution in [3.05, 3.63) is 48.4 Å². The number of nitrogens with one attached hydrogen (secondary N) is 2. The van der Waals surface area contributed by atoms with E-state index in [9.17, 15) is 4.79 Å². The minimum atomic E-state index is -0.308. The molecule has 0 spiro atoms. The summed E-state index contributed by atoms with van der Waals surface area (Å²) in [6, 6.07) is 8.62. The largest absolute Gasteiger partial charge is 0.481 e. The average Bonchev–Trinajstić information content (AvgIpc) is 2.47. The minimum absolute atomic E-state index is 0.308. The van der Waals surface area contributed by atoms with Gasteiger partial charge in [0.05, 0.1) is 31.2 Å². The SMILES string of the molecule is COc1ccc(NC(=O)NCc2ccccn2)cn1. The Labute approximate surface area is 110 Å². The molecule has 0 aliphatic carbocycles. The summed E-state index contributed by atoms with van der Waals surface area (Å²) in [4.78, 5) is 19.7. The van der Waals surface area contributed by atoms with Crippen LogP contribution < -0.4 is 15.4 Å². The van der Waals surface area contributed by atoms with Crippen LogP contribution in [0.2, 0.25) is 0 Å². The number of carbonyl (C=O) groups is 1. The fourth-order valence-electron chi connectivity index (χ4n) is 1.42. The fraction of sp³-hybridized carbons (Fsp3) is 0.154. The van der Waals surface area contributed by atoms with Gasteiger partial charge >= 0.3 is 6.03 Å². The zero-order valence-electron chi connectivity index (χ0n) is 10.5. The summed E-state index contributed by atoms with van der Waals surface area (Å²) in [7, 11) is 1.54. The zero-order valence-corrected chi connectivity index (χ0v) is 10.5. The van der Waals surface area contributed by atoms with E-state index in [0.717, 1.165) is 5.69 Å². The van der Waals surface area contributed by atoms with Crippen LogP contribution >= 0.6 is 0 Å². The molecule has 2 amide bonds. The first-order valence-corrected chi connectivity index (χ1v) is 5.73. The Hall–Kier alpha value is -2.63. The van der Waals surface area contributed by atoms with E-state index in [1.807, 2.05) is 18.2 Å². The van der Waals surface area contributed by atoms with Crippen molar-refractivity contribution in [2.45, 2.75) is 6.54 Å². The number of pyridine rings is 2. The van der Waals surface area contributed by atoms with Gasteiger partial charge in [-0.2, -0.15) is 0 Å². The van der Waals surface area contributed by atoms with Crippen molar-refractivity contribution in [1.82, 2.24) is 15.3 Å². The molecule has 0 aliphatic rings. The maximum absolute atomic E-state index is 11.6. The molecule has 0 bridgehead atoms. The standard InChI is InChI=1S/C13H14N4O2/c1-19-12-6-5-11(9-15-12)17-13(18)16-8-10-4-2-3-7-14-10/h2-7,9H,8H2,1H3,(H2,16,17,18). The van der Waals surface area contributed by atoms with E-state index in [1.54, 1.807) is 18.3 Å². The topological polar surface area (TPSA) is 76.1 Å². The van der Waals surface area contributed by atoms with Crippen LogP contribution in [0, 0.1) is 0 Å². The highest BCUT2D eigenvalue weighted by molar-refractivity contribution is 5.88. The van der Waals surface area contributed by atoms with E-state index in [0.29, 0.717) is 18.1 Å². The van der Waals surface area contributed by atoms with Crippen LogP contribution in [-0.4, -0.2) is 23.1 Å². The van der Waals surface area contributed by atoms with Gasteiger partial charge in [-0.15, -0.1) is 0 Å². The summed E-state index contributed by atoms with van der Waals surface area (Å²) in [5.74, 6) is 0.499. The number of aromatic nitrogens is 2. The third kappa shape index (κ3) is 3.95. The number of nitrogens with zero attached hydrogens (tertiary/aromatic N) is 2. The van der Waals surface area contributed by atoms with Crippen LogP contribution in [-0.2, 0) is 6.54 Å². The van der Waals surface area contributed by atoms with Crippen molar-refractivity contribution in [1.29, 1.82) is 0 Å². The maximum Gasteiger partial charge on any atom is 0.319 e. The summed E-state index contributed by atoms with van der Waals surface area (Å²) in [5, 5.41) is 5.37. The van der Waals surface area contributed by atoms with Crippen molar-refractivity contribution in [2.24, 2.45) is 0 Å². The molecule has 0 fully saturated rings. The van der Waals surface area contributed by atoms with Crippen molar-refractivity contribution >= 4 is 11.7 Å². The van der Waals surface area contributed by atoms with Gasteiger partial charge in [-0.3, -0.25) is 4.98 Å². The second kappa shape index (κ2) is 6.34. The van der Waals surface area contributed by atoms with Crippen molar-refractivity contribution < 1.29 is 9.53 Å². The molecule has 98 valence electrons. The second-order valence-corrected chi connectivity index (χ2v) is 3.72. The van der Waals surface area contributed by atoms with Crippen LogP contribution in [0.4, 0.5) is 10.5 Å². The summed E-state index contributed by atoms with van der Waals surface area (Å²) >= 11 is 0. The van der Waals surface area contributed by atoms with E-state index in [1.165, 1.54) is 13.3 Å². The van der Waals surface area contributed by atoms with Crippen LogP contribution in [0.25, 0.3) is 0 Å². The van der Waals surface area contributed by atoms with Crippen LogP contribution in [0.5, 0.6) is 5.88 Å². The summed E-state index contributed by atoms with van der Waals surface area (Å²) in [5.41, 5.74) is 1.39. The van der Waals surface area contributed by atoms with Crippen molar-refractivity contribution in [2.75, 3.05) is 12.4 Å². The number of urea groups is 1. The lowest BCUT2D eigenvalue weighted by atomic mass is 10.3. The molecule has 2 aromatic heterocycles. The Morgan fingerprint density at radius 2 is 2.16 bits per heavy atom. The van der Waals surface area contributed by atoms with Gasteiger partial charge in [0.1, 0.15) is 0 Å². The molecule has 0 atom stereocenters. The van der Waals surface area contributed by atoms with E-state index < -0.39 is 0 Å². The molecule has 0 aliphatic heterocycles. The summed E-state index contributed by atoms with van der Waals surface area (Å²) < 4.78 is 4.93. The van der Waals surface area contributed by atoms with E-state index >= 15 is 0 Å². The van der Waals surface area contributed by atoms with Crippen LogP contribution in [0.15, 0.2) is 42.7 Å². The molecule has 2 rings (SSSR count). The highest BCUT2D eigenvalue weighted by Gasteiger charge is 2.02. The van der Waals surface area contributed by atoms with Gasteiger partial charge in [0.25, 0.3) is 0 Å². The van der Waals surface area contributed by atoms with Crippen molar-refractivity contribution in [3.8, 4) is 5.88 Å². The first-order valence-electron chi connectivity index (χ1n) is 5.73. The number of hydrogen-bond acceptors (Lipinski definition) is 4. The van der Waals surface area contributed by atoms with Gasteiger partial charge in [0.2, 0.25) is 5.88 Å². The van der Waals surface area contributed by atoms with Gasteiger partial charge in [0, 0.05) is 12.3 Å². The van der Waals surface area contributed by atoms with Crippen LogP contribution in [0.1, 0.15) is 5.69 Å². The molecule has 6 heteroatoms.